The molecule has 1 aliphatic rings. The van der Waals surface area contributed by atoms with Crippen LogP contribution >= 0.6 is 22.9 Å². The van der Waals surface area contributed by atoms with Crippen LogP contribution in [0.2, 0.25) is 5.02 Å². The van der Waals surface area contributed by atoms with Crippen LogP contribution in [0.15, 0.2) is 72.1 Å². The van der Waals surface area contributed by atoms with Crippen LogP contribution in [0.4, 0.5) is 5.69 Å². The van der Waals surface area contributed by atoms with E-state index in [2.05, 4.69) is 5.32 Å². The highest BCUT2D eigenvalue weighted by molar-refractivity contribution is 7.10. The minimum Gasteiger partial charge on any atom is -0.493 e. The third-order valence-corrected chi connectivity index (χ3v) is 6.85. The van der Waals surface area contributed by atoms with Gasteiger partial charge in [0.2, 0.25) is 5.91 Å². The van der Waals surface area contributed by atoms with Crippen molar-refractivity contribution >= 4 is 51.2 Å². The molecule has 0 spiro atoms. The van der Waals surface area contributed by atoms with Gasteiger partial charge in [-0.15, -0.1) is 11.3 Å². The van der Waals surface area contributed by atoms with Gasteiger partial charge in [-0.1, -0.05) is 48.0 Å². The van der Waals surface area contributed by atoms with Crippen LogP contribution in [0, 0.1) is 0 Å². The van der Waals surface area contributed by atoms with Gasteiger partial charge in [0, 0.05) is 21.2 Å². The number of nitrogens with zero attached hydrogens (tertiary/aromatic N) is 1. The molecule has 0 saturated carbocycles. The minimum absolute atomic E-state index is 0.0948. The smallest absolute Gasteiger partial charge is 0.259 e. The predicted molar refractivity (Wildman–Crippen MR) is 132 cm³/mol. The van der Waals surface area contributed by atoms with Crippen LogP contribution in [0.1, 0.15) is 33.8 Å². The summed E-state index contributed by atoms with van der Waals surface area (Å²) in [6, 6.07) is 20.3. The number of fused-ring (bicyclic) bond motifs is 2. The highest BCUT2D eigenvalue weighted by atomic mass is 35.5. The Bertz CT molecular complexity index is 1350. The number of hydrogen-bond acceptors (Lipinski definition) is 4. The second-order valence-corrected chi connectivity index (χ2v) is 9.14. The molecule has 0 radical (unpaired) electrons. The molecule has 1 N–H and O–H groups in total. The molecule has 4 aromatic rings. The van der Waals surface area contributed by atoms with Crippen LogP contribution in [-0.2, 0) is 4.79 Å². The lowest BCUT2D eigenvalue weighted by atomic mass is 9.98. The SMILES string of the molecule is CCOc1ccc2ccccc2c1C(=O)N1CC(=O)Nc2ccc(Cl)cc2C1c1cccs1. The van der Waals surface area contributed by atoms with E-state index in [-0.39, 0.29) is 18.4 Å². The van der Waals surface area contributed by atoms with Crippen molar-refractivity contribution in [2.45, 2.75) is 13.0 Å². The van der Waals surface area contributed by atoms with Crippen molar-refractivity contribution in [2.24, 2.45) is 0 Å². The molecule has 166 valence electrons. The van der Waals surface area contributed by atoms with Crippen molar-refractivity contribution in [3.8, 4) is 5.75 Å². The quantitative estimate of drug-likeness (QED) is 0.385. The number of rotatable bonds is 4. The maximum absolute atomic E-state index is 14.2. The third kappa shape index (κ3) is 3.96. The number of anilines is 1. The number of carbonyl (C=O) groups is 2. The van der Waals surface area contributed by atoms with Crippen molar-refractivity contribution in [1.29, 1.82) is 0 Å². The lowest BCUT2D eigenvalue weighted by Gasteiger charge is -2.30. The molecule has 33 heavy (non-hydrogen) atoms. The van der Waals surface area contributed by atoms with E-state index in [0.29, 0.717) is 28.6 Å². The zero-order valence-corrected chi connectivity index (χ0v) is 19.5. The van der Waals surface area contributed by atoms with Gasteiger partial charge in [0.15, 0.2) is 0 Å². The standard InChI is InChI=1S/C26H21ClN2O3S/c1-2-32-21-12-9-16-6-3-4-7-18(16)24(21)26(31)29-15-23(30)28-20-11-10-17(27)14-19(20)25(29)22-8-5-13-33-22/h3-14,25H,2,15H2,1H3,(H,28,30). The number of amides is 2. The van der Waals surface area contributed by atoms with Crippen LogP contribution in [0.3, 0.4) is 0 Å². The van der Waals surface area contributed by atoms with Crippen molar-refractivity contribution in [3.05, 3.63) is 93.1 Å². The summed E-state index contributed by atoms with van der Waals surface area (Å²) >= 11 is 7.89. The van der Waals surface area contributed by atoms with Gasteiger partial charge in [-0.3, -0.25) is 9.59 Å². The summed E-state index contributed by atoms with van der Waals surface area (Å²) in [5.74, 6) is -0.0251. The summed E-state index contributed by atoms with van der Waals surface area (Å²) in [7, 11) is 0. The van der Waals surface area contributed by atoms with E-state index in [1.807, 2.05) is 66.9 Å². The van der Waals surface area contributed by atoms with Crippen molar-refractivity contribution in [1.82, 2.24) is 4.90 Å². The normalized spacial score (nSPS) is 15.6. The Kier molecular flexibility index (Phi) is 5.79. The molecule has 0 aliphatic carbocycles. The molecule has 1 aromatic heterocycles. The van der Waals surface area contributed by atoms with E-state index in [9.17, 15) is 9.59 Å². The van der Waals surface area contributed by atoms with E-state index in [1.54, 1.807) is 17.0 Å². The summed E-state index contributed by atoms with van der Waals surface area (Å²) < 4.78 is 5.86. The number of hydrogen-bond donors (Lipinski definition) is 1. The largest absolute Gasteiger partial charge is 0.493 e. The molecule has 2 amide bonds. The molecule has 7 heteroatoms. The average Bonchev–Trinajstić information content (AvgIpc) is 3.29. The number of ether oxygens (including phenoxy) is 1. The maximum atomic E-state index is 14.2. The van der Waals surface area contributed by atoms with Gasteiger partial charge < -0.3 is 15.0 Å². The molecule has 0 saturated heterocycles. The van der Waals surface area contributed by atoms with Gasteiger partial charge in [-0.2, -0.15) is 0 Å². The number of benzene rings is 3. The van der Waals surface area contributed by atoms with Gasteiger partial charge in [0.25, 0.3) is 5.91 Å². The molecule has 1 atom stereocenters. The van der Waals surface area contributed by atoms with Gasteiger partial charge in [0.05, 0.1) is 18.2 Å². The molecule has 2 heterocycles. The van der Waals surface area contributed by atoms with E-state index in [1.165, 1.54) is 11.3 Å². The number of carbonyl (C=O) groups excluding carboxylic acids is 2. The summed E-state index contributed by atoms with van der Waals surface area (Å²) in [4.78, 5) is 29.7. The Labute approximate surface area is 200 Å². The molecule has 5 nitrogen and oxygen atoms in total. The fourth-order valence-corrected chi connectivity index (χ4v) is 5.35. The van der Waals surface area contributed by atoms with Crippen LogP contribution < -0.4 is 10.1 Å². The monoisotopic (exact) mass is 476 g/mol. The van der Waals surface area contributed by atoms with Crippen molar-refractivity contribution in [2.75, 3.05) is 18.5 Å². The fourth-order valence-electron chi connectivity index (χ4n) is 4.31. The van der Waals surface area contributed by atoms with Crippen LogP contribution in [-0.4, -0.2) is 29.9 Å². The first-order valence-electron chi connectivity index (χ1n) is 10.6. The topological polar surface area (TPSA) is 58.6 Å². The first-order valence-corrected chi connectivity index (χ1v) is 11.9. The fraction of sp³-hybridized carbons (Fsp3) is 0.154. The predicted octanol–water partition coefficient (Wildman–Crippen LogP) is 6.14. The number of thiophene rings is 1. The van der Waals surface area contributed by atoms with Crippen molar-refractivity contribution < 1.29 is 14.3 Å². The molecule has 5 rings (SSSR count). The summed E-state index contributed by atoms with van der Waals surface area (Å²) in [5.41, 5.74) is 1.89. The maximum Gasteiger partial charge on any atom is 0.259 e. The molecule has 0 fully saturated rings. The average molecular weight is 477 g/mol. The Hall–Kier alpha value is -3.35. The second kappa shape index (κ2) is 8.89. The second-order valence-electron chi connectivity index (χ2n) is 7.72. The molecule has 3 aromatic carbocycles. The van der Waals surface area contributed by atoms with Gasteiger partial charge in [-0.05, 0) is 53.4 Å². The van der Waals surface area contributed by atoms with Gasteiger partial charge in [-0.25, -0.2) is 0 Å². The third-order valence-electron chi connectivity index (χ3n) is 5.69. The Morgan fingerprint density at radius 2 is 2.00 bits per heavy atom. The van der Waals surface area contributed by atoms with E-state index < -0.39 is 6.04 Å². The van der Waals surface area contributed by atoms with Gasteiger partial charge >= 0.3 is 0 Å². The molecule has 0 bridgehead atoms. The van der Waals surface area contributed by atoms with E-state index in [0.717, 1.165) is 21.2 Å². The van der Waals surface area contributed by atoms with E-state index >= 15 is 0 Å². The molecule has 1 unspecified atom stereocenters. The number of nitrogens with one attached hydrogen (secondary N) is 1. The zero-order valence-electron chi connectivity index (χ0n) is 17.9. The van der Waals surface area contributed by atoms with E-state index in [4.69, 9.17) is 16.3 Å². The minimum atomic E-state index is -0.474. The summed E-state index contributed by atoms with van der Waals surface area (Å²) in [5, 5.41) is 7.16. The Morgan fingerprint density at radius 3 is 2.79 bits per heavy atom. The van der Waals surface area contributed by atoms with Crippen molar-refractivity contribution in [3.63, 3.8) is 0 Å². The molecular formula is C26H21ClN2O3S. The van der Waals surface area contributed by atoms with Crippen LogP contribution in [0.25, 0.3) is 10.8 Å². The lowest BCUT2D eigenvalue weighted by molar-refractivity contribution is -0.117. The number of halogens is 1. The zero-order chi connectivity index (χ0) is 22.9. The highest BCUT2D eigenvalue weighted by Gasteiger charge is 2.36. The lowest BCUT2D eigenvalue weighted by Crippen LogP contribution is -2.39. The first kappa shape index (κ1) is 21.5. The Morgan fingerprint density at radius 1 is 1.15 bits per heavy atom. The summed E-state index contributed by atoms with van der Waals surface area (Å²) in [6.45, 7) is 2.21. The molecule has 1 aliphatic heterocycles. The summed E-state index contributed by atoms with van der Waals surface area (Å²) in [6.07, 6.45) is 0. The highest BCUT2D eigenvalue weighted by Crippen LogP contribution is 2.41. The van der Waals surface area contributed by atoms with Gasteiger partial charge in [0.1, 0.15) is 12.3 Å². The van der Waals surface area contributed by atoms with Crippen LogP contribution in [0.5, 0.6) is 5.75 Å². The molecular weight excluding hydrogens is 456 g/mol. The Balaban J connectivity index is 1.73. The first-order chi connectivity index (χ1) is 16.1.